The van der Waals surface area contributed by atoms with Gasteiger partial charge in [-0.1, -0.05) is 43.8 Å². The Labute approximate surface area is 117 Å². The van der Waals surface area contributed by atoms with Gasteiger partial charge in [0.15, 0.2) is 0 Å². The van der Waals surface area contributed by atoms with Gasteiger partial charge in [-0.05, 0) is 25.0 Å². The van der Waals surface area contributed by atoms with Crippen LogP contribution in [0.2, 0.25) is 0 Å². The Bertz CT molecular complexity index is 509. The summed E-state index contributed by atoms with van der Waals surface area (Å²) in [5.41, 5.74) is 0.245. The molecule has 2 aromatic rings. The molecule has 0 saturated heterocycles. The molecule has 0 aliphatic heterocycles. The molecule has 5 heteroatoms. The third-order valence-electron chi connectivity index (χ3n) is 3.21. The molecule has 0 saturated carbocycles. The third-order valence-corrected chi connectivity index (χ3v) is 4.30. The Morgan fingerprint density at radius 2 is 1.84 bits per heavy atom. The first kappa shape index (κ1) is 14.1. The molecule has 2 rings (SSSR count). The van der Waals surface area contributed by atoms with E-state index in [1.54, 1.807) is 0 Å². The van der Waals surface area contributed by atoms with E-state index in [1.165, 1.54) is 11.8 Å². The monoisotopic (exact) mass is 278 g/mol. The van der Waals surface area contributed by atoms with E-state index >= 15 is 0 Å². The SMILES string of the molecule is CCC(O)(CC)CSc1nnc(-c2ccccc2)o1. The molecule has 0 aliphatic carbocycles. The van der Waals surface area contributed by atoms with Crippen molar-refractivity contribution in [1.29, 1.82) is 0 Å². The van der Waals surface area contributed by atoms with Crippen LogP contribution >= 0.6 is 11.8 Å². The Morgan fingerprint density at radius 1 is 1.16 bits per heavy atom. The van der Waals surface area contributed by atoms with Gasteiger partial charge < -0.3 is 9.52 Å². The minimum absolute atomic E-state index is 0.499. The molecule has 1 heterocycles. The second-order valence-electron chi connectivity index (χ2n) is 4.46. The predicted molar refractivity (Wildman–Crippen MR) is 76.0 cm³/mol. The second kappa shape index (κ2) is 6.21. The first-order chi connectivity index (χ1) is 9.17. The number of hydrogen-bond donors (Lipinski definition) is 1. The van der Waals surface area contributed by atoms with E-state index in [-0.39, 0.29) is 0 Å². The van der Waals surface area contributed by atoms with Crippen molar-refractivity contribution in [2.45, 2.75) is 37.5 Å². The maximum absolute atomic E-state index is 10.2. The molecule has 1 aromatic heterocycles. The summed E-state index contributed by atoms with van der Waals surface area (Å²) in [5.74, 6) is 1.08. The highest BCUT2D eigenvalue weighted by molar-refractivity contribution is 7.99. The standard InChI is InChI=1S/C14H18N2O2S/c1-3-14(17,4-2)10-19-13-16-15-12(18-13)11-8-6-5-7-9-11/h5-9,17H,3-4,10H2,1-2H3. The molecule has 0 unspecified atom stereocenters. The van der Waals surface area contributed by atoms with Crippen LogP contribution in [0.5, 0.6) is 0 Å². The number of benzene rings is 1. The summed E-state index contributed by atoms with van der Waals surface area (Å²) in [6.07, 6.45) is 1.44. The molecule has 0 radical (unpaired) electrons. The third kappa shape index (κ3) is 3.58. The van der Waals surface area contributed by atoms with Crippen molar-refractivity contribution in [2.24, 2.45) is 0 Å². The molecule has 19 heavy (non-hydrogen) atoms. The van der Waals surface area contributed by atoms with E-state index in [0.29, 0.717) is 16.9 Å². The molecule has 0 aliphatic rings. The summed E-state index contributed by atoms with van der Waals surface area (Å²) in [6, 6.07) is 9.66. The Kier molecular flexibility index (Phi) is 4.61. The van der Waals surface area contributed by atoms with Gasteiger partial charge >= 0.3 is 0 Å². The van der Waals surface area contributed by atoms with E-state index in [1.807, 2.05) is 44.2 Å². The summed E-state index contributed by atoms with van der Waals surface area (Å²) in [6.45, 7) is 3.96. The van der Waals surface area contributed by atoms with Crippen molar-refractivity contribution in [3.05, 3.63) is 30.3 Å². The molecule has 0 spiro atoms. The molecule has 0 atom stereocenters. The Morgan fingerprint density at radius 3 is 2.47 bits per heavy atom. The van der Waals surface area contributed by atoms with Gasteiger partial charge in [0.1, 0.15) is 0 Å². The summed E-state index contributed by atoms with van der Waals surface area (Å²) >= 11 is 1.40. The van der Waals surface area contributed by atoms with E-state index < -0.39 is 5.60 Å². The average molecular weight is 278 g/mol. The summed E-state index contributed by atoms with van der Waals surface area (Å²) in [7, 11) is 0. The zero-order valence-corrected chi connectivity index (χ0v) is 12.0. The molecule has 1 aromatic carbocycles. The predicted octanol–water partition coefficient (Wildman–Crippen LogP) is 3.38. The Balaban J connectivity index is 2.02. The lowest BCUT2D eigenvalue weighted by Crippen LogP contribution is -2.29. The molecular weight excluding hydrogens is 260 g/mol. The number of rotatable bonds is 6. The van der Waals surface area contributed by atoms with Crippen LogP contribution in [0.25, 0.3) is 11.5 Å². The van der Waals surface area contributed by atoms with Crippen LogP contribution in [-0.2, 0) is 0 Å². The molecule has 0 amide bonds. The van der Waals surface area contributed by atoms with Gasteiger partial charge in [0.05, 0.1) is 5.60 Å². The number of hydrogen-bond acceptors (Lipinski definition) is 5. The average Bonchev–Trinajstić information content (AvgIpc) is 2.95. The van der Waals surface area contributed by atoms with Crippen molar-refractivity contribution in [3.63, 3.8) is 0 Å². The van der Waals surface area contributed by atoms with Crippen molar-refractivity contribution in [1.82, 2.24) is 10.2 Å². The topological polar surface area (TPSA) is 59.2 Å². The first-order valence-corrected chi connectivity index (χ1v) is 7.39. The van der Waals surface area contributed by atoms with E-state index in [4.69, 9.17) is 4.42 Å². The van der Waals surface area contributed by atoms with Gasteiger partial charge in [-0.3, -0.25) is 0 Å². The minimum atomic E-state index is -0.661. The lowest BCUT2D eigenvalue weighted by molar-refractivity contribution is 0.0570. The van der Waals surface area contributed by atoms with E-state index in [9.17, 15) is 5.11 Å². The van der Waals surface area contributed by atoms with Gasteiger partial charge in [0.25, 0.3) is 5.22 Å². The number of nitrogens with zero attached hydrogens (tertiary/aromatic N) is 2. The van der Waals surface area contributed by atoms with Crippen molar-refractivity contribution in [2.75, 3.05) is 5.75 Å². The normalized spacial score (nSPS) is 11.7. The lowest BCUT2D eigenvalue weighted by Gasteiger charge is -2.23. The summed E-state index contributed by atoms with van der Waals surface area (Å²) in [5, 5.41) is 18.7. The van der Waals surface area contributed by atoms with Crippen molar-refractivity contribution >= 4 is 11.8 Å². The zero-order valence-electron chi connectivity index (χ0n) is 11.2. The van der Waals surface area contributed by atoms with Gasteiger partial charge in [0, 0.05) is 11.3 Å². The summed E-state index contributed by atoms with van der Waals surface area (Å²) < 4.78 is 5.58. The lowest BCUT2D eigenvalue weighted by atomic mass is 10.0. The summed E-state index contributed by atoms with van der Waals surface area (Å²) in [4.78, 5) is 0. The molecule has 4 nitrogen and oxygen atoms in total. The molecule has 102 valence electrons. The van der Waals surface area contributed by atoms with Crippen LogP contribution in [0.3, 0.4) is 0 Å². The van der Waals surface area contributed by atoms with Crippen LogP contribution in [-0.4, -0.2) is 26.7 Å². The number of thioether (sulfide) groups is 1. The van der Waals surface area contributed by atoms with Crippen LogP contribution < -0.4 is 0 Å². The fourth-order valence-corrected chi connectivity index (χ4v) is 2.65. The fraction of sp³-hybridized carbons (Fsp3) is 0.429. The van der Waals surface area contributed by atoms with Gasteiger partial charge in [-0.25, -0.2) is 0 Å². The minimum Gasteiger partial charge on any atom is -0.411 e. The molecule has 0 fully saturated rings. The van der Waals surface area contributed by atoms with Crippen LogP contribution in [0.15, 0.2) is 40.0 Å². The highest BCUT2D eigenvalue weighted by Gasteiger charge is 2.23. The van der Waals surface area contributed by atoms with Crippen molar-refractivity contribution < 1.29 is 9.52 Å². The first-order valence-electron chi connectivity index (χ1n) is 6.41. The second-order valence-corrected chi connectivity index (χ2v) is 5.39. The zero-order chi connectivity index (χ0) is 13.7. The maximum atomic E-state index is 10.2. The maximum Gasteiger partial charge on any atom is 0.276 e. The Hall–Kier alpha value is -1.33. The van der Waals surface area contributed by atoms with E-state index in [2.05, 4.69) is 10.2 Å². The van der Waals surface area contributed by atoms with Crippen LogP contribution in [0, 0.1) is 0 Å². The van der Waals surface area contributed by atoms with Crippen molar-refractivity contribution in [3.8, 4) is 11.5 Å². The molecular formula is C14H18N2O2S. The molecule has 1 N–H and O–H groups in total. The fourth-order valence-electron chi connectivity index (χ4n) is 1.62. The highest BCUT2D eigenvalue weighted by Crippen LogP contribution is 2.28. The highest BCUT2D eigenvalue weighted by atomic mass is 32.2. The van der Waals surface area contributed by atoms with Crippen LogP contribution in [0.1, 0.15) is 26.7 Å². The smallest absolute Gasteiger partial charge is 0.276 e. The number of aliphatic hydroxyl groups is 1. The van der Waals surface area contributed by atoms with Crippen LogP contribution in [0.4, 0.5) is 0 Å². The quantitative estimate of drug-likeness (QED) is 0.821. The van der Waals surface area contributed by atoms with E-state index in [0.717, 1.165) is 18.4 Å². The van der Waals surface area contributed by atoms with Gasteiger partial charge in [-0.15, -0.1) is 10.2 Å². The van der Waals surface area contributed by atoms with Gasteiger partial charge in [-0.2, -0.15) is 0 Å². The number of aromatic nitrogens is 2. The van der Waals surface area contributed by atoms with Gasteiger partial charge in [0.2, 0.25) is 5.89 Å². The molecule has 0 bridgehead atoms. The largest absolute Gasteiger partial charge is 0.411 e.